The molecule has 2 fully saturated rings. The summed E-state index contributed by atoms with van der Waals surface area (Å²) in [6, 6.07) is 12.9. The molecule has 0 saturated carbocycles. The third kappa shape index (κ3) is 9.15. The zero-order valence-electron chi connectivity index (χ0n) is 28.5. The lowest BCUT2D eigenvalue weighted by Crippen LogP contribution is -2.60. The van der Waals surface area contributed by atoms with Crippen LogP contribution in [0, 0.1) is 5.82 Å². The highest BCUT2D eigenvalue weighted by atomic mass is 35.5. The van der Waals surface area contributed by atoms with Gasteiger partial charge >= 0.3 is 6.09 Å². The van der Waals surface area contributed by atoms with Crippen LogP contribution in [0.1, 0.15) is 81.7 Å². The van der Waals surface area contributed by atoms with Crippen molar-refractivity contribution in [2.45, 2.75) is 89.3 Å². The van der Waals surface area contributed by atoms with E-state index in [0.717, 1.165) is 6.92 Å². The Bertz CT molecular complexity index is 1800. The van der Waals surface area contributed by atoms with E-state index in [1.54, 1.807) is 56.0 Å². The van der Waals surface area contributed by atoms with Crippen molar-refractivity contribution < 1.29 is 35.9 Å². The van der Waals surface area contributed by atoms with Gasteiger partial charge in [-0.2, -0.15) is 13.1 Å². The molecule has 3 aromatic rings. The van der Waals surface area contributed by atoms with Crippen molar-refractivity contribution in [3.8, 4) is 0 Å². The van der Waals surface area contributed by atoms with Crippen LogP contribution in [0.5, 0.6) is 0 Å². The van der Waals surface area contributed by atoms with E-state index in [4.69, 9.17) is 16.3 Å². The molecule has 5 rings (SSSR count). The molecule has 0 aliphatic carbocycles. The molecule has 4 atom stereocenters. The average molecular weight is 735 g/mol. The number of rotatable bonds is 9. The Labute approximate surface area is 296 Å². The average Bonchev–Trinajstić information content (AvgIpc) is 3.15. The first-order chi connectivity index (χ1) is 23.4. The Hall–Kier alpha value is -3.68. The first-order valence-electron chi connectivity index (χ1n) is 16.6. The smallest absolute Gasteiger partial charge is 0.410 e. The van der Waals surface area contributed by atoms with E-state index in [-0.39, 0.29) is 55.4 Å². The van der Waals surface area contributed by atoms with Crippen molar-refractivity contribution >= 4 is 39.3 Å². The number of amides is 2. The minimum absolute atomic E-state index is 0.0446. The van der Waals surface area contributed by atoms with Crippen LogP contribution < -0.4 is 5.32 Å². The fraction of sp³-hybridized carbons (Fsp3) is 0.472. The SMILES string of the molecule is CC(C)(C)OC(=O)N1CC(CCc2c(F)cccc2NC(=O)C[C@@H](c2ccc(Cl)cc2)c2ccc(C(C)(F)F)nc2)N2C[C@H]1CCCS2(=O)=O. The number of fused-ring (bicyclic) bond motifs is 2. The van der Waals surface area contributed by atoms with E-state index in [2.05, 4.69) is 10.3 Å². The van der Waals surface area contributed by atoms with Crippen LogP contribution >= 0.6 is 11.6 Å². The predicted molar refractivity (Wildman–Crippen MR) is 185 cm³/mol. The quantitative estimate of drug-likeness (QED) is 0.244. The third-order valence-electron chi connectivity index (χ3n) is 8.99. The van der Waals surface area contributed by atoms with Gasteiger partial charge in [0.15, 0.2) is 0 Å². The van der Waals surface area contributed by atoms with Crippen LogP contribution in [0.15, 0.2) is 60.8 Å². The summed E-state index contributed by atoms with van der Waals surface area (Å²) in [6.07, 6.45) is 1.86. The van der Waals surface area contributed by atoms with E-state index in [1.165, 1.54) is 34.8 Å². The third-order valence-corrected chi connectivity index (χ3v) is 11.2. The number of piperazine rings is 1. The second kappa shape index (κ2) is 14.9. The van der Waals surface area contributed by atoms with Gasteiger partial charge in [-0.05, 0) is 87.9 Å². The number of ether oxygens (including phenoxy) is 1. The summed E-state index contributed by atoms with van der Waals surface area (Å²) in [5.41, 5.74) is 0.501. The van der Waals surface area contributed by atoms with Gasteiger partial charge in [-0.3, -0.25) is 9.78 Å². The number of anilines is 1. The van der Waals surface area contributed by atoms with Gasteiger partial charge in [-0.15, -0.1) is 0 Å². The molecular formula is C36H42ClF3N4O5S. The van der Waals surface area contributed by atoms with Crippen LogP contribution in [0.25, 0.3) is 0 Å². The Kier molecular flexibility index (Phi) is 11.2. The van der Waals surface area contributed by atoms with Crippen LogP contribution in [0.2, 0.25) is 5.02 Å². The molecule has 50 heavy (non-hydrogen) atoms. The summed E-state index contributed by atoms with van der Waals surface area (Å²) in [5, 5.41) is 3.30. The monoisotopic (exact) mass is 734 g/mol. The highest BCUT2D eigenvalue weighted by Gasteiger charge is 2.44. The molecule has 0 radical (unpaired) electrons. The lowest BCUT2D eigenvalue weighted by molar-refractivity contribution is -0.116. The number of hydrogen-bond acceptors (Lipinski definition) is 6. The minimum Gasteiger partial charge on any atom is -0.444 e. The molecule has 270 valence electrons. The van der Waals surface area contributed by atoms with Crippen LogP contribution in [0.3, 0.4) is 0 Å². The second-order valence-electron chi connectivity index (χ2n) is 14.0. The highest BCUT2D eigenvalue weighted by Crippen LogP contribution is 2.34. The van der Waals surface area contributed by atoms with Crippen molar-refractivity contribution in [3.63, 3.8) is 0 Å². The molecular weight excluding hydrogens is 693 g/mol. The van der Waals surface area contributed by atoms with Gasteiger partial charge in [-0.25, -0.2) is 17.6 Å². The van der Waals surface area contributed by atoms with Crippen molar-refractivity contribution in [1.29, 1.82) is 0 Å². The number of aromatic nitrogens is 1. The number of halogens is 4. The summed E-state index contributed by atoms with van der Waals surface area (Å²) >= 11 is 6.09. The minimum atomic E-state index is -3.61. The number of nitrogens with zero attached hydrogens (tertiary/aromatic N) is 3. The Morgan fingerprint density at radius 3 is 2.38 bits per heavy atom. The molecule has 2 aliphatic heterocycles. The molecule has 9 nitrogen and oxygen atoms in total. The number of hydrogen-bond donors (Lipinski definition) is 1. The second-order valence-corrected chi connectivity index (χ2v) is 16.5. The molecule has 1 aromatic heterocycles. The number of carbonyl (C=O) groups excluding carboxylic acids is 2. The zero-order valence-corrected chi connectivity index (χ0v) is 30.0. The fourth-order valence-electron chi connectivity index (χ4n) is 6.53. The summed E-state index contributed by atoms with van der Waals surface area (Å²) in [5.74, 6) is -4.80. The van der Waals surface area contributed by atoms with Crippen LogP contribution in [-0.4, -0.2) is 71.1 Å². The number of pyridine rings is 1. The van der Waals surface area contributed by atoms with Crippen molar-refractivity contribution in [2.24, 2.45) is 0 Å². The lowest BCUT2D eigenvalue weighted by atomic mass is 9.89. The van der Waals surface area contributed by atoms with Gasteiger partial charge < -0.3 is 15.0 Å². The highest BCUT2D eigenvalue weighted by molar-refractivity contribution is 7.89. The van der Waals surface area contributed by atoms with Gasteiger partial charge in [0, 0.05) is 66.9 Å². The standard InChI is InChI=1S/C36H42ClF3N4O5S/c1-35(2,3)49-34(46)43-21-27(44-22-26(43)7-6-18-50(44,47)48)15-16-28-30(38)8-5-9-31(28)42-33(45)19-29(23-10-13-25(37)14-11-23)24-12-17-32(41-20-24)36(4,39)40/h5,8-14,17,20,26-27,29H,6-7,15-16,18-19,21-22H2,1-4H3,(H,42,45)/t26-,27?,29+/m1/s1. The topological polar surface area (TPSA) is 109 Å². The number of nitrogens with one attached hydrogen (secondary N) is 1. The molecule has 2 aromatic carbocycles. The Balaban J connectivity index is 1.36. The first kappa shape index (κ1) is 37.6. The van der Waals surface area contributed by atoms with E-state index in [9.17, 15) is 26.8 Å². The maximum atomic E-state index is 15.4. The lowest BCUT2D eigenvalue weighted by Gasteiger charge is -2.44. The summed E-state index contributed by atoms with van der Waals surface area (Å²) in [4.78, 5) is 32.3. The number of alkyl halides is 2. The summed E-state index contributed by atoms with van der Waals surface area (Å²) in [7, 11) is -3.61. The molecule has 3 heterocycles. The van der Waals surface area contributed by atoms with E-state index in [0.29, 0.717) is 29.0 Å². The Morgan fingerprint density at radius 2 is 1.74 bits per heavy atom. The zero-order chi connectivity index (χ0) is 36.4. The molecule has 2 unspecified atom stereocenters. The summed E-state index contributed by atoms with van der Waals surface area (Å²) in [6.45, 7) is 6.27. The maximum Gasteiger partial charge on any atom is 0.410 e. The first-order valence-corrected chi connectivity index (χ1v) is 18.6. The molecule has 0 spiro atoms. The number of benzene rings is 2. The maximum absolute atomic E-state index is 15.4. The van der Waals surface area contributed by atoms with E-state index >= 15 is 4.39 Å². The van der Waals surface area contributed by atoms with Crippen molar-refractivity contribution in [2.75, 3.05) is 24.2 Å². The van der Waals surface area contributed by atoms with Crippen molar-refractivity contribution in [1.82, 2.24) is 14.2 Å². The molecule has 2 saturated heterocycles. The van der Waals surface area contributed by atoms with Gasteiger partial charge in [-0.1, -0.05) is 35.9 Å². The Morgan fingerprint density at radius 1 is 1.04 bits per heavy atom. The number of carbonyl (C=O) groups is 2. The normalized spacial score (nSPS) is 21.2. The summed E-state index contributed by atoms with van der Waals surface area (Å²) < 4.78 is 76.7. The van der Waals surface area contributed by atoms with Gasteiger partial charge in [0.25, 0.3) is 5.92 Å². The number of sulfonamides is 1. The molecule has 2 bridgehead atoms. The van der Waals surface area contributed by atoms with Crippen LogP contribution in [-0.2, 0) is 31.9 Å². The molecule has 2 aliphatic rings. The van der Waals surface area contributed by atoms with Crippen LogP contribution in [0.4, 0.5) is 23.7 Å². The fourth-order valence-corrected chi connectivity index (χ4v) is 8.45. The molecule has 1 N–H and O–H groups in total. The van der Waals surface area contributed by atoms with Gasteiger partial charge in [0.05, 0.1) is 5.75 Å². The van der Waals surface area contributed by atoms with Gasteiger partial charge in [0.2, 0.25) is 15.9 Å². The molecule has 14 heteroatoms. The largest absolute Gasteiger partial charge is 0.444 e. The van der Waals surface area contributed by atoms with E-state index < -0.39 is 57.0 Å². The van der Waals surface area contributed by atoms with Gasteiger partial charge in [0.1, 0.15) is 17.1 Å². The van der Waals surface area contributed by atoms with E-state index in [1.807, 2.05) is 0 Å². The van der Waals surface area contributed by atoms with Crippen molar-refractivity contribution in [3.05, 3.63) is 94.0 Å². The predicted octanol–water partition coefficient (Wildman–Crippen LogP) is 7.49. The molecule has 2 amide bonds.